The first-order valence-electron chi connectivity index (χ1n) is 7.85. The summed E-state index contributed by atoms with van der Waals surface area (Å²) in [6, 6.07) is 5.97. The zero-order valence-electron chi connectivity index (χ0n) is 13.4. The van der Waals surface area contributed by atoms with Gasteiger partial charge in [0.05, 0.1) is 0 Å². The van der Waals surface area contributed by atoms with E-state index in [-0.39, 0.29) is 11.9 Å². The molecule has 120 valence electrons. The van der Waals surface area contributed by atoms with Gasteiger partial charge in [0, 0.05) is 25.6 Å². The van der Waals surface area contributed by atoms with E-state index in [9.17, 15) is 9.59 Å². The molecular formula is C17H25N3O2. The van der Waals surface area contributed by atoms with Gasteiger partial charge in [-0.2, -0.15) is 0 Å². The highest BCUT2D eigenvalue weighted by Crippen LogP contribution is 2.15. The molecule has 1 heterocycles. The number of primary amides is 1. The monoisotopic (exact) mass is 303 g/mol. The topological polar surface area (TPSA) is 75.4 Å². The highest BCUT2D eigenvalue weighted by molar-refractivity contribution is 5.76. The van der Waals surface area contributed by atoms with Gasteiger partial charge >= 0.3 is 6.03 Å². The van der Waals surface area contributed by atoms with Crippen molar-refractivity contribution in [2.45, 2.75) is 45.6 Å². The van der Waals surface area contributed by atoms with Gasteiger partial charge in [-0.05, 0) is 44.2 Å². The molecule has 0 atom stereocenters. The molecule has 1 saturated heterocycles. The summed E-state index contributed by atoms with van der Waals surface area (Å²) in [7, 11) is 0. The van der Waals surface area contributed by atoms with E-state index in [4.69, 9.17) is 5.73 Å². The third kappa shape index (κ3) is 4.48. The number of nitrogens with two attached hydrogens (primary N) is 1. The van der Waals surface area contributed by atoms with Crippen LogP contribution in [0.5, 0.6) is 0 Å². The van der Waals surface area contributed by atoms with Crippen LogP contribution in [0.2, 0.25) is 0 Å². The van der Waals surface area contributed by atoms with Crippen LogP contribution in [0.15, 0.2) is 18.2 Å². The Balaban J connectivity index is 1.80. The van der Waals surface area contributed by atoms with E-state index in [0.717, 1.165) is 19.3 Å². The van der Waals surface area contributed by atoms with Gasteiger partial charge in [0.25, 0.3) is 0 Å². The molecule has 3 N–H and O–H groups in total. The largest absolute Gasteiger partial charge is 0.352 e. The first kappa shape index (κ1) is 16.3. The van der Waals surface area contributed by atoms with E-state index in [2.05, 4.69) is 37.4 Å². The Kier molecular flexibility index (Phi) is 5.41. The van der Waals surface area contributed by atoms with Crippen molar-refractivity contribution < 1.29 is 9.59 Å². The number of hydrogen-bond acceptors (Lipinski definition) is 2. The van der Waals surface area contributed by atoms with Crippen LogP contribution in [0.1, 0.15) is 36.0 Å². The van der Waals surface area contributed by atoms with Gasteiger partial charge < -0.3 is 16.0 Å². The smallest absolute Gasteiger partial charge is 0.312 e. The number of benzene rings is 1. The normalized spacial score (nSPS) is 15.6. The third-order valence-corrected chi connectivity index (χ3v) is 4.30. The maximum atomic E-state index is 12.3. The van der Waals surface area contributed by atoms with Crippen LogP contribution in [-0.4, -0.2) is 36.0 Å². The van der Waals surface area contributed by atoms with Crippen LogP contribution in [-0.2, 0) is 11.2 Å². The quantitative estimate of drug-likeness (QED) is 0.891. The van der Waals surface area contributed by atoms with Crippen LogP contribution in [0.25, 0.3) is 0 Å². The minimum Gasteiger partial charge on any atom is -0.352 e. The predicted octanol–water partition coefficient (Wildman–Crippen LogP) is 1.90. The Hall–Kier alpha value is -2.04. The number of aryl methyl sites for hydroxylation is 3. The second-order valence-corrected chi connectivity index (χ2v) is 6.09. The maximum Gasteiger partial charge on any atom is 0.312 e. The molecule has 0 unspecified atom stereocenters. The molecule has 0 spiro atoms. The molecule has 0 saturated carbocycles. The van der Waals surface area contributed by atoms with Crippen LogP contribution >= 0.6 is 0 Å². The highest BCUT2D eigenvalue weighted by atomic mass is 16.2. The zero-order chi connectivity index (χ0) is 16.1. The average molecular weight is 303 g/mol. The molecule has 5 nitrogen and oxygen atoms in total. The molecule has 1 fully saturated rings. The van der Waals surface area contributed by atoms with E-state index >= 15 is 0 Å². The number of rotatable bonds is 4. The van der Waals surface area contributed by atoms with Gasteiger partial charge in [-0.15, -0.1) is 0 Å². The molecule has 0 aromatic heterocycles. The first-order chi connectivity index (χ1) is 10.5. The highest BCUT2D eigenvalue weighted by Gasteiger charge is 2.23. The number of carbonyl (C=O) groups is 2. The van der Waals surface area contributed by atoms with Crippen molar-refractivity contribution in [2.75, 3.05) is 13.1 Å². The molecular weight excluding hydrogens is 278 g/mol. The summed E-state index contributed by atoms with van der Waals surface area (Å²) in [6.07, 6.45) is 2.87. The second kappa shape index (κ2) is 7.29. The Bertz CT molecular complexity index is 549. The summed E-state index contributed by atoms with van der Waals surface area (Å²) in [5.41, 5.74) is 8.86. The van der Waals surface area contributed by atoms with E-state index in [0.29, 0.717) is 19.5 Å². The fourth-order valence-electron chi connectivity index (χ4n) is 3.00. The number of nitrogens with one attached hydrogen (secondary N) is 1. The Labute approximate surface area is 131 Å². The summed E-state index contributed by atoms with van der Waals surface area (Å²) >= 11 is 0. The number of hydrogen-bond donors (Lipinski definition) is 2. The van der Waals surface area contributed by atoms with Gasteiger partial charge in [-0.1, -0.05) is 23.8 Å². The van der Waals surface area contributed by atoms with E-state index < -0.39 is 6.03 Å². The van der Waals surface area contributed by atoms with Crippen LogP contribution in [0.3, 0.4) is 0 Å². The minimum atomic E-state index is -0.486. The maximum absolute atomic E-state index is 12.3. The lowest BCUT2D eigenvalue weighted by Gasteiger charge is -2.32. The lowest BCUT2D eigenvalue weighted by Crippen LogP contribution is -2.47. The van der Waals surface area contributed by atoms with Crippen molar-refractivity contribution in [3.05, 3.63) is 34.9 Å². The molecule has 22 heavy (non-hydrogen) atoms. The van der Waals surface area contributed by atoms with Crippen molar-refractivity contribution in [1.82, 2.24) is 10.2 Å². The number of piperidine rings is 1. The van der Waals surface area contributed by atoms with E-state index in [1.54, 1.807) is 0 Å². The van der Waals surface area contributed by atoms with Crippen molar-refractivity contribution in [3.63, 3.8) is 0 Å². The number of urea groups is 1. The Morgan fingerprint density at radius 2 is 1.95 bits per heavy atom. The SMILES string of the molecule is Cc1ccc(CCC(=O)N2CCC(NC(N)=O)CC2)c(C)c1. The summed E-state index contributed by atoms with van der Waals surface area (Å²) < 4.78 is 0. The van der Waals surface area contributed by atoms with Crippen molar-refractivity contribution >= 4 is 11.9 Å². The number of likely N-dealkylation sites (tertiary alicyclic amines) is 1. The minimum absolute atomic E-state index is 0.0980. The molecule has 1 aliphatic heterocycles. The van der Waals surface area contributed by atoms with Crippen LogP contribution < -0.4 is 11.1 Å². The number of carbonyl (C=O) groups excluding carboxylic acids is 2. The molecule has 2 rings (SSSR count). The summed E-state index contributed by atoms with van der Waals surface area (Å²) in [5.74, 6) is 0.192. The second-order valence-electron chi connectivity index (χ2n) is 6.09. The van der Waals surface area contributed by atoms with Crippen molar-refractivity contribution in [1.29, 1.82) is 0 Å². The van der Waals surface area contributed by atoms with Gasteiger partial charge in [0.1, 0.15) is 0 Å². The molecule has 5 heteroatoms. The van der Waals surface area contributed by atoms with Gasteiger partial charge in [-0.25, -0.2) is 4.79 Å². The summed E-state index contributed by atoms with van der Waals surface area (Å²) in [4.78, 5) is 25.0. The molecule has 1 aromatic rings. The molecule has 1 aliphatic rings. The average Bonchev–Trinajstić information content (AvgIpc) is 2.46. The molecule has 3 amide bonds. The zero-order valence-corrected chi connectivity index (χ0v) is 13.4. The lowest BCUT2D eigenvalue weighted by molar-refractivity contribution is -0.132. The third-order valence-electron chi connectivity index (χ3n) is 4.30. The first-order valence-corrected chi connectivity index (χ1v) is 7.85. The van der Waals surface area contributed by atoms with Crippen molar-refractivity contribution in [3.8, 4) is 0 Å². The van der Waals surface area contributed by atoms with Crippen LogP contribution in [0.4, 0.5) is 4.79 Å². The molecule has 0 bridgehead atoms. The van der Waals surface area contributed by atoms with E-state index in [1.807, 2.05) is 4.90 Å². The fraction of sp³-hybridized carbons (Fsp3) is 0.529. The number of nitrogens with zero attached hydrogens (tertiary/aromatic N) is 1. The Morgan fingerprint density at radius 1 is 1.27 bits per heavy atom. The molecule has 0 radical (unpaired) electrons. The van der Waals surface area contributed by atoms with Crippen molar-refractivity contribution in [2.24, 2.45) is 5.73 Å². The predicted molar refractivity (Wildman–Crippen MR) is 86.6 cm³/mol. The van der Waals surface area contributed by atoms with E-state index in [1.165, 1.54) is 16.7 Å². The van der Waals surface area contributed by atoms with Gasteiger partial charge in [0.2, 0.25) is 5.91 Å². The standard InChI is InChI=1S/C17H25N3O2/c1-12-3-4-14(13(2)11-12)5-6-16(21)20-9-7-15(8-10-20)19-17(18)22/h3-4,11,15H,5-10H2,1-2H3,(H3,18,19,22). The Morgan fingerprint density at radius 3 is 2.55 bits per heavy atom. The van der Waals surface area contributed by atoms with Crippen LogP contribution in [0, 0.1) is 13.8 Å². The molecule has 0 aliphatic carbocycles. The molecule has 1 aromatic carbocycles. The van der Waals surface area contributed by atoms with Gasteiger partial charge in [0.15, 0.2) is 0 Å². The number of amides is 3. The lowest BCUT2D eigenvalue weighted by atomic mass is 10.0. The van der Waals surface area contributed by atoms with Gasteiger partial charge in [-0.3, -0.25) is 4.79 Å². The summed E-state index contributed by atoms with van der Waals surface area (Å²) in [6.45, 7) is 5.55. The fourth-order valence-corrected chi connectivity index (χ4v) is 3.00. The summed E-state index contributed by atoms with van der Waals surface area (Å²) in [5, 5.41) is 2.71.